The zero-order valence-corrected chi connectivity index (χ0v) is 13.1. The molecule has 0 spiro atoms. The first-order chi connectivity index (χ1) is 11.7. The molecule has 5 nitrogen and oxygen atoms in total. The molecular weight excluding hydrogens is 329 g/mol. The lowest BCUT2D eigenvalue weighted by atomic mass is 10.3. The summed E-state index contributed by atoms with van der Waals surface area (Å²) in [5.41, 5.74) is 2.76. The fourth-order valence-electron chi connectivity index (χ4n) is 2.41. The van der Waals surface area contributed by atoms with E-state index in [9.17, 15) is 4.39 Å². The van der Waals surface area contributed by atoms with Gasteiger partial charge in [-0.05, 0) is 42.5 Å². The zero-order valence-electron chi connectivity index (χ0n) is 12.3. The second-order valence-corrected chi connectivity index (χ2v) is 5.44. The first-order valence-corrected chi connectivity index (χ1v) is 7.57. The lowest BCUT2D eigenvalue weighted by molar-refractivity contribution is 0.628. The second-order valence-electron chi connectivity index (χ2n) is 5.08. The van der Waals surface area contributed by atoms with E-state index in [2.05, 4.69) is 20.3 Å². The van der Waals surface area contributed by atoms with Crippen molar-refractivity contribution in [2.45, 2.75) is 0 Å². The van der Waals surface area contributed by atoms with E-state index in [1.54, 1.807) is 24.4 Å². The molecule has 7 heteroatoms. The third-order valence-corrected chi connectivity index (χ3v) is 3.75. The summed E-state index contributed by atoms with van der Waals surface area (Å²) in [4.78, 5) is 13.0. The van der Waals surface area contributed by atoms with E-state index in [1.165, 1.54) is 12.1 Å². The Labute approximate surface area is 141 Å². The molecule has 0 saturated heterocycles. The number of rotatable bonds is 3. The summed E-state index contributed by atoms with van der Waals surface area (Å²) in [6, 6.07) is 13.4. The van der Waals surface area contributed by atoms with Crippen molar-refractivity contribution < 1.29 is 4.39 Å². The molecule has 0 aliphatic heterocycles. The molecule has 0 aliphatic rings. The van der Waals surface area contributed by atoms with E-state index >= 15 is 0 Å². The van der Waals surface area contributed by atoms with Gasteiger partial charge < -0.3 is 5.32 Å². The van der Waals surface area contributed by atoms with Crippen LogP contribution in [0, 0.1) is 5.82 Å². The molecule has 3 heterocycles. The van der Waals surface area contributed by atoms with Gasteiger partial charge in [0.2, 0.25) is 5.95 Å². The van der Waals surface area contributed by atoms with Crippen molar-refractivity contribution in [2.24, 2.45) is 0 Å². The fraction of sp³-hybridized carbons (Fsp3) is 0. The molecule has 0 atom stereocenters. The SMILES string of the molecule is Fc1ccc(Nc2nccc(-c3c(Cl)nc4ccccn34)n2)cc1. The van der Waals surface area contributed by atoms with Crippen molar-refractivity contribution in [2.75, 3.05) is 5.32 Å². The molecule has 4 aromatic rings. The number of nitrogens with one attached hydrogen (secondary N) is 1. The number of fused-ring (bicyclic) bond motifs is 1. The van der Waals surface area contributed by atoms with Gasteiger partial charge in [-0.2, -0.15) is 0 Å². The van der Waals surface area contributed by atoms with Gasteiger partial charge in [0.15, 0.2) is 5.15 Å². The van der Waals surface area contributed by atoms with Gasteiger partial charge in [0.25, 0.3) is 0 Å². The Kier molecular flexibility index (Phi) is 3.59. The van der Waals surface area contributed by atoms with E-state index in [0.717, 1.165) is 5.65 Å². The third kappa shape index (κ3) is 2.68. The monoisotopic (exact) mass is 339 g/mol. The number of halogens is 2. The normalized spacial score (nSPS) is 10.9. The maximum absolute atomic E-state index is 13.0. The molecule has 4 rings (SSSR count). The smallest absolute Gasteiger partial charge is 0.227 e. The van der Waals surface area contributed by atoms with Gasteiger partial charge in [0.1, 0.15) is 17.2 Å². The molecular formula is C17H11ClFN5. The number of anilines is 2. The lowest BCUT2D eigenvalue weighted by Gasteiger charge is -2.07. The highest BCUT2D eigenvalue weighted by Gasteiger charge is 2.14. The largest absolute Gasteiger partial charge is 0.324 e. The van der Waals surface area contributed by atoms with Crippen LogP contribution in [0.3, 0.4) is 0 Å². The molecule has 0 radical (unpaired) electrons. The van der Waals surface area contributed by atoms with Crippen LogP contribution in [0.15, 0.2) is 60.9 Å². The summed E-state index contributed by atoms with van der Waals surface area (Å²) in [6.45, 7) is 0. The summed E-state index contributed by atoms with van der Waals surface area (Å²) in [5.74, 6) is 0.0915. The number of aromatic nitrogens is 4. The molecule has 1 aromatic carbocycles. The number of imidazole rings is 1. The van der Waals surface area contributed by atoms with Crippen LogP contribution in [0.4, 0.5) is 16.0 Å². The van der Waals surface area contributed by atoms with Crippen LogP contribution >= 0.6 is 11.6 Å². The highest BCUT2D eigenvalue weighted by Crippen LogP contribution is 2.28. The van der Waals surface area contributed by atoms with Crippen molar-refractivity contribution in [1.29, 1.82) is 0 Å². The average Bonchev–Trinajstić information content (AvgIpc) is 2.93. The maximum atomic E-state index is 13.0. The standard InChI is InChI=1S/C17H11ClFN5/c18-16-15(24-10-2-1-3-14(24)23-16)13-8-9-20-17(22-13)21-12-6-4-11(19)5-7-12/h1-10H,(H,20,21,22). The summed E-state index contributed by atoms with van der Waals surface area (Å²) >= 11 is 6.28. The Morgan fingerprint density at radius 1 is 1.00 bits per heavy atom. The number of nitrogens with zero attached hydrogens (tertiary/aromatic N) is 4. The predicted octanol–water partition coefficient (Wildman–Crippen LogP) is 4.33. The molecule has 0 bridgehead atoms. The highest BCUT2D eigenvalue weighted by molar-refractivity contribution is 6.32. The molecule has 24 heavy (non-hydrogen) atoms. The molecule has 0 aliphatic carbocycles. The Hall–Kier alpha value is -2.99. The number of benzene rings is 1. The summed E-state index contributed by atoms with van der Waals surface area (Å²) < 4.78 is 14.9. The van der Waals surface area contributed by atoms with Gasteiger partial charge in [-0.25, -0.2) is 19.3 Å². The van der Waals surface area contributed by atoms with Crippen LogP contribution in [0.1, 0.15) is 0 Å². The molecule has 1 N–H and O–H groups in total. The molecule has 0 unspecified atom stereocenters. The van der Waals surface area contributed by atoms with E-state index in [0.29, 0.717) is 28.2 Å². The predicted molar refractivity (Wildman–Crippen MR) is 90.9 cm³/mol. The third-order valence-electron chi connectivity index (χ3n) is 3.49. The van der Waals surface area contributed by atoms with Crippen LogP contribution < -0.4 is 5.32 Å². The Morgan fingerprint density at radius 2 is 1.83 bits per heavy atom. The van der Waals surface area contributed by atoms with E-state index in [-0.39, 0.29) is 5.82 Å². The number of hydrogen-bond acceptors (Lipinski definition) is 4. The van der Waals surface area contributed by atoms with Gasteiger partial charge in [0.05, 0.1) is 5.69 Å². The van der Waals surface area contributed by atoms with Gasteiger partial charge in [-0.15, -0.1) is 0 Å². The average molecular weight is 340 g/mol. The minimum absolute atomic E-state index is 0.298. The zero-order chi connectivity index (χ0) is 16.5. The Morgan fingerprint density at radius 3 is 2.67 bits per heavy atom. The number of hydrogen-bond donors (Lipinski definition) is 1. The molecule has 3 aromatic heterocycles. The van der Waals surface area contributed by atoms with Crippen molar-refractivity contribution in [1.82, 2.24) is 19.4 Å². The summed E-state index contributed by atoms with van der Waals surface area (Å²) in [5, 5.41) is 3.41. The highest BCUT2D eigenvalue weighted by atomic mass is 35.5. The van der Waals surface area contributed by atoms with Crippen LogP contribution in [0.5, 0.6) is 0 Å². The van der Waals surface area contributed by atoms with Gasteiger partial charge >= 0.3 is 0 Å². The quantitative estimate of drug-likeness (QED) is 0.603. The Bertz CT molecular complexity index is 1010. The molecule has 0 saturated carbocycles. The van der Waals surface area contributed by atoms with Crippen LogP contribution in [0.2, 0.25) is 5.15 Å². The van der Waals surface area contributed by atoms with Crippen LogP contribution in [0.25, 0.3) is 17.0 Å². The topological polar surface area (TPSA) is 55.1 Å². The summed E-state index contributed by atoms with van der Waals surface area (Å²) in [7, 11) is 0. The minimum Gasteiger partial charge on any atom is -0.324 e. The van der Waals surface area contributed by atoms with Crippen molar-refractivity contribution in [3.8, 4) is 11.4 Å². The molecule has 0 amide bonds. The van der Waals surface area contributed by atoms with Gasteiger partial charge in [-0.1, -0.05) is 17.7 Å². The van der Waals surface area contributed by atoms with E-state index in [4.69, 9.17) is 11.6 Å². The lowest BCUT2D eigenvalue weighted by Crippen LogP contribution is -1.99. The van der Waals surface area contributed by atoms with Gasteiger partial charge in [-0.3, -0.25) is 4.40 Å². The molecule has 118 valence electrons. The minimum atomic E-state index is -0.298. The first-order valence-electron chi connectivity index (χ1n) is 7.19. The number of pyridine rings is 1. The molecule has 0 fully saturated rings. The van der Waals surface area contributed by atoms with Crippen molar-refractivity contribution in [3.05, 3.63) is 71.9 Å². The van der Waals surface area contributed by atoms with E-state index in [1.807, 2.05) is 28.8 Å². The van der Waals surface area contributed by atoms with Crippen molar-refractivity contribution in [3.63, 3.8) is 0 Å². The van der Waals surface area contributed by atoms with Gasteiger partial charge in [0, 0.05) is 18.1 Å². The fourth-order valence-corrected chi connectivity index (χ4v) is 2.68. The van der Waals surface area contributed by atoms with E-state index < -0.39 is 0 Å². The summed E-state index contributed by atoms with van der Waals surface area (Å²) in [6.07, 6.45) is 3.51. The van der Waals surface area contributed by atoms with Crippen LogP contribution in [-0.4, -0.2) is 19.4 Å². The van der Waals surface area contributed by atoms with Crippen molar-refractivity contribution >= 4 is 28.9 Å². The first kappa shape index (κ1) is 14.6. The second kappa shape index (κ2) is 5.90. The van der Waals surface area contributed by atoms with Crippen LogP contribution in [-0.2, 0) is 0 Å². The Balaban J connectivity index is 1.74. The maximum Gasteiger partial charge on any atom is 0.227 e.